The second kappa shape index (κ2) is 2.94. The van der Waals surface area contributed by atoms with Gasteiger partial charge in [0, 0.05) is 18.5 Å². The number of piperidine rings is 1. The first-order chi connectivity index (χ1) is 5.43. The number of likely N-dealkylation sites (tertiary alicyclic amines) is 1. The fourth-order valence-electron chi connectivity index (χ4n) is 1.51. The smallest absolute Gasteiger partial charge is 0.407 e. The molecule has 4 nitrogen and oxygen atoms in total. The number of amides is 1. The quantitative estimate of drug-likeness (QED) is 0.568. The second-order valence-electron chi connectivity index (χ2n) is 4.00. The van der Waals surface area contributed by atoms with Crippen LogP contribution in [0.3, 0.4) is 0 Å². The summed E-state index contributed by atoms with van der Waals surface area (Å²) in [5.41, 5.74) is -0.309. The van der Waals surface area contributed by atoms with Crippen molar-refractivity contribution in [3.8, 4) is 0 Å². The van der Waals surface area contributed by atoms with Gasteiger partial charge in [-0.3, -0.25) is 0 Å². The highest BCUT2D eigenvalue weighted by Gasteiger charge is 2.36. The summed E-state index contributed by atoms with van der Waals surface area (Å²) in [6.45, 7) is 4.63. The van der Waals surface area contributed by atoms with Crippen molar-refractivity contribution in [2.45, 2.75) is 26.4 Å². The van der Waals surface area contributed by atoms with Crippen molar-refractivity contribution in [1.29, 1.82) is 0 Å². The SMILES string of the molecule is CC1(C)CN(C(=O)O)CCC1O. The highest BCUT2D eigenvalue weighted by molar-refractivity contribution is 5.65. The van der Waals surface area contributed by atoms with Crippen LogP contribution in [0.5, 0.6) is 0 Å². The lowest BCUT2D eigenvalue weighted by atomic mass is 9.81. The summed E-state index contributed by atoms with van der Waals surface area (Å²) in [5, 5.41) is 18.2. The van der Waals surface area contributed by atoms with Gasteiger partial charge in [0.15, 0.2) is 0 Å². The molecule has 4 heteroatoms. The molecule has 0 radical (unpaired) electrons. The van der Waals surface area contributed by atoms with Crippen molar-refractivity contribution >= 4 is 6.09 Å². The molecule has 0 aromatic rings. The molecule has 0 aromatic heterocycles. The summed E-state index contributed by atoms with van der Waals surface area (Å²) in [6.07, 6.45) is -0.734. The van der Waals surface area contributed by atoms with Crippen molar-refractivity contribution in [3.05, 3.63) is 0 Å². The van der Waals surface area contributed by atoms with Gasteiger partial charge >= 0.3 is 6.09 Å². The molecule has 0 saturated carbocycles. The number of aliphatic hydroxyl groups excluding tert-OH is 1. The number of carboxylic acid groups (broad SMARTS) is 1. The normalized spacial score (nSPS) is 28.6. The Morgan fingerprint density at radius 2 is 2.17 bits per heavy atom. The largest absolute Gasteiger partial charge is 0.465 e. The van der Waals surface area contributed by atoms with E-state index in [4.69, 9.17) is 5.11 Å². The average molecular weight is 173 g/mol. The molecule has 1 saturated heterocycles. The van der Waals surface area contributed by atoms with E-state index in [0.29, 0.717) is 19.5 Å². The van der Waals surface area contributed by atoms with Gasteiger partial charge in [-0.15, -0.1) is 0 Å². The highest BCUT2D eigenvalue weighted by Crippen LogP contribution is 2.28. The summed E-state index contributed by atoms with van der Waals surface area (Å²) >= 11 is 0. The van der Waals surface area contributed by atoms with Crippen LogP contribution in [0, 0.1) is 5.41 Å². The number of hydrogen-bond donors (Lipinski definition) is 2. The van der Waals surface area contributed by atoms with Crippen LogP contribution in [-0.2, 0) is 0 Å². The minimum absolute atomic E-state index is 0.309. The van der Waals surface area contributed by atoms with Gasteiger partial charge in [0.2, 0.25) is 0 Å². The van der Waals surface area contributed by atoms with Gasteiger partial charge in [-0.25, -0.2) is 4.79 Å². The summed E-state index contributed by atoms with van der Waals surface area (Å²) in [6, 6.07) is 0. The Bertz CT molecular complexity index is 191. The first-order valence-corrected chi connectivity index (χ1v) is 4.09. The van der Waals surface area contributed by atoms with Crippen molar-refractivity contribution in [1.82, 2.24) is 4.90 Å². The Hall–Kier alpha value is -0.770. The van der Waals surface area contributed by atoms with E-state index in [1.54, 1.807) is 0 Å². The summed E-state index contributed by atoms with van der Waals surface area (Å²) < 4.78 is 0. The zero-order valence-corrected chi connectivity index (χ0v) is 7.45. The van der Waals surface area contributed by atoms with Crippen LogP contribution in [-0.4, -0.2) is 40.4 Å². The van der Waals surface area contributed by atoms with Gasteiger partial charge < -0.3 is 15.1 Å². The van der Waals surface area contributed by atoms with E-state index < -0.39 is 6.09 Å². The van der Waals surface area contributed by atoms with E-state index in [-0.39, 0.29) is 11.5 Å². The third-order valence-corrected chi connectivity index (χ3v) is 2.44. The van der Waals surface area contributed by atoms with E-state index in [1.165, 1.54) is 4.90 Å². The fourth-order valence-corrected chi connectivity index (χ4v) is 1.51. The minimum Gasteiger partial charge on any atom is -0.465 e. The molecule has 0 aliphatic carbocycles. The molecule has 1 atom stereocenters. The summed E-state index contributed by atoms with van der Waals surface area (Å²) in [5.74, 6) is 0. The van der Waals surface area contributed by atoms with E-state index in [0.717, 1.165) is 0 Å². The lowest BCUT2D eigenvalue weighted by Gasteiger charge is -2.40. The fraction of sp³-hybridized carbons (Fsp3) is 0.875. The van der Waals surface area contributed by atoms with Crippen LogP contribution in [0.4, 0.5) is 4.79 Å². The molecule has 1 rings (SSSR count). The number of carbonyl (C=O) groups is 1. The molecule has 1 amide bonds. The second-order valence-corrected chi connectivity index (χ2v) is 4.00. The standard InChI is InChI=1S/C8H15NO3/c1-8(2)5-9(7(11)12)4-3-6(8)10/h6,10H,3-5H2,1-2H3,(H,11,12). The van der Waals surface area contributed by atoms with Crippen molar-refractivity contribution < 1.29 is 15.0 Å². The summed E-state index contributed by atoms with van der Waals surface area (Å²) in [7, 11) is 0. The molecule has 0 bridgehead atoms. The van der Waals surface area contributed by atoms with Crippen LogP contribution in [0.15, 0.2) is 0 Å². The van der Waals surface area contributed by atoms with Gasteiger partial charge in [0.05, 0.1) is 6.10 Å². The molecule has 1 unspecified atom stereocenters. The Labute approximate surface area is 71.8 Å². The van der Waals surface area contributed by atoms with Crippen molar-refractivity contribution in [3.63, 3.8) is 0 Å². The minimum atomic E-state index is -0.894. The van der Waals surface area contributed by atoms with E-state index >= 15 is 0 Å². The molecule has 70 valence electrons. The van der Waals surface area contributed by atoms with Crippen molar-refractivity contribution in [2.75, 3.05) is 13.1 Å². The maximum absolute atomic E-state index is 10.6. The molecule has 0 spiro atoms. The molecular weight excluding hydrogens is 158 g/mol. The highest BCUT2D eigenvalue weighted by atomic mass is 16.4. The van der Waals surface area contributed by atoms with Crippen LogP contribution in [0.1, 0.15) is 20.3 Å². The van der Waals surface area contributed by atoms with Gasteiger partial charge in [0.25, 0.3) is 0 Å². The Morgan fingerprint density at radius 3 is 2.58 bits per heavy atom. The van der Waals surface area contributed by atoms with Crippen LogP contribution in [0.2, 0.25) is 0 Å². The average Bonchev–Trinajstić information content (AvgIpc) is 1.94. The Morgan fingerprint density at radius 1 is 1.58 bits per heavy atom. The number of aliphatic hydroxyl groups is 1. The van der Waals surface area contributed by atoms with Crippen LogP contribution in [0.25, 0.3) is 0 Å². The zero-order valence-electron chi connectivity index (χ0n) is 7.45. The van der Waals surface area contributed by atoms with Gasteiger partial charge in [0.1, 0.15) is 0 Å². The van der Waals surface area contributed by atoms with E-state index in [2.05, 4.69) is 0 Å². The molecule has 12 heavy (non-hydrogen) atoms. The molecule has 0 aromatic carbocycles. The topological polar surface area (TPSA) is 60.8 Å². The number of hydrogen-bond acceptors (Lipinski definition) is 2. The van der Waals surface area contributed by atoms with Gasteiger partial charge in [-0.1, -0.05) is 13.8 Å². The lowest BCUT2D eigenvalue weighted by molar-refractivity contribution is -0.0182. The zero-order chi connectivity index (χ0) is 9.35. The number of rotatable bonds is 0. The van der Waals surface area contributed by atoms with Crippen LogP contribution >= 0.6 is 0 Å². The lowest BCUT2D eigenvalue weighted by Crippen LogP contribution is -2.50. The molecule has 2 N–H and O–H groups in total. The number of nitrogens with zero attached hydrogens (tertiary/aromatic N) is 1. The van der Waals surface area contributed by atoms with E-state index in [1.807, 2.05) is 13.8 Å². The summed E-state index contributed by atoms with van der Waals surface area (Å²) in [4.78, 5) is 11.9. The molecule has 1 heterocycles. The maximum atomic E-state index is 10.6. The molecule has 1 aliphatic rings. The predicted molar refractivity (Wildman–Crippen MR) is 44.0 cm³/mol. The Kier molecular flexibility index (Phi) is 2.28. The van der Waals surface area contributed by atoms with Gasteiger partial charge in [-0.2, -0.15) is 0 Å². The molecule has 1 fully saturated rings. The first-order valence-electron chi connectivity index (χ1n) is 4.09. The first kappa shape index (κ1) is 9.32. The third kappa shape index (κ3) is 1.69. The van der Waals surface area contributed by atoms with Crippen molar-refractivity contribution in [2.24, 2.45) is 5.41 Å². The monoisotopic (exact) mass is 173 g/mol. The van der Waals surface area contributed by atoms with E-state index in [9.17, 15) is 9.90 Å². The molecular formula is C8H15NO3. The Balaban J connectivity index is 2.63. The van der Waals surface area contributed by atoms with Crippen LogP contribution < -0.4 is 0 Å². The maximum Gasteiger partial charge on any atom is 0.407 e. The van der Waals surface area contributed by atoms with Gasteiger partial charge in [-0.05, 0) is 6.42 Å². The predicted octanol–water partition coefficient (Wildman–Crippen LogP) is 0.757. The third-order valence-electron chi connectivity index (χ3n) is 2.44. The molecule has 1 aliphatic heterocycles.